The molecule has 3 amide bonds. The molecular weight excluding hydrogens is 474 g/mol. The molecule has 0 radical (unpaired) electrons. The fourth-order valence-electron chi connectivity index (χ4n) is 3.68. The Bertz CT molecular complexity index is 1200. The average molecular weight is 506 g/mol. The highest BCUT2D eigenvalue weighted by Crippen LogP contribution is 2.35. The fourth-order valence-corrected chi connectivity index (χ4v) is 3.68. The highest BCUT2D eigenvalue weighted by atomic mass is 16.6. The van der Waals surface area contributed by atoms with Gasteiger partial charge in [0.05, 0.1) is 12.3 Å². The van der Waals surface area contributed by atoms with Gasteiger partial charge in [0.15, 0.2) is 5.78 Å². The summed E-state index contributed by atoms with van der Waals surface area (Å²) in [6, 6.07) is 16.7. The Hall–Kier alpha value is -4.40. The van der Waals surface area contributed by atoms with E-state index >= 15 is 0 Å². The van der Waals surface area contributed by atoms with Crippen LogP contribution in [0.1, 0.15) is 49.7 Å². The number of carbonyl (C=O) groups excluding carboxylic acids is 4. The van der Waals surface area contributed by atoms with E-state index in [9.17, 15) is 19.2 Å². The van der Waals surface area contributed by atoms with Gasteiger partial charge in [-0.25, -0.2) is 9.59 Å². The van der Waals surface area contributed by atoms with Gasteiger partial charge in [-0.3, -0.25) is 14.5 Å². The van der Waals surface area contributed by atoms with Gasteiger partial charge in [0.2, 0.25) is 5.91 Å². The van der Waals surface area contributed by atoms with Crippen molar-refractivity contribution in [2.75, 3.05) is 13.2 Å². The fraction of sp³-hybridized carbons (Fsp3) is 0.286. The SMILES string of the molecule is CCOC(=O)N1C=CC(C(=O)c2ccccc2)=C(NC(=O)CNC(=O)OC(C)(C)C)C1c1ccccc1. The van der Waals surface area contributed by atoms with Crippen molar-refractivity contribution in [3.05, 3.63) is 95.3 Å². The monoisotopic (exact) mass is 505 g/mol. The van der Waals surface area contributed by atoms with Crippen molar-refractivity contribution in [1.82, 2.24) is 15.5 Å². The predicted molar refractivity (Wildman–Crippen MR) is 137 cm³/mol. The van der Waals surface area contributed by atoms with Gasteiger partial charge < -0.3 is 20.1 Å². The lowest BCUT2D eigenvalue weighted by atomic mass is 9.91. The van der Waals surface area contributed by atoms with Crippen LogP contribution in [0.4, 0.5) is 9.59 Å². The third-order valence-electron chi connectivity index (χ3n) is 5.18. The second kappa shape index (κ2) is 12.0. The third kappa shape index (κ3) is 7.30. The zero-order chi connectivity index (χ0) is 27.0. The summed E-state index contributed by atoms with van der Waals surface area (Å²) in [5, 5.41) is 5.17. The van der Waals surface area contributed by atoms with E-state index < -0.39 is 36.3 Å². The normalized spacial score (nSPS) is 15.1. The number of ether oxygens (including phenoxy) is 2. The van der Waals surface area contributed by atoms with Gasteiger partial charge in [-0.2, -0.15) is 0 Å². The molecule has 0 aliphatic carbocycles. The van der Waals surface area contributed by atoms with E-state index in [1.807, 2.05) is 6.07 Å². The lowest BCUT2D eigenvalue weighted by Crippen LogP contribution is -2.44. The number of hydrogen-bond donors (Lipinski definition) is 2. The highest BCUT2D eigenvalue weighted by molar-refractivity contribution is 6.11. The minimum absolute atomic E-state index is 0.145. The average Bonchev–Trinajstić information content (AvgIpc) is 2.87. The molecule has 1 atom stereocenters. The molecule has 9 heteroatoms. The maximum atomic E-state index is 13.5. The Morgan fingerprint density at radius 3 is 2.16 bits per heavy atom. The Morgan fingerprint density at radius 2 is 1.57 bits per heavy atom. The number of ketones is 1. The molecule has 0 saturated carbocycles. The van der Waals surface area contributed by atoms with Crippen molar-refractivity contribution >= 4 is 23.9 Å². The maximum Gasteiger partial charge on any atom is 0.414 e. The molecule has 1 aliphatic rings. The zero-order valence-electron chi connectivity index (χ0n) is 21.3. The van der Waals surface area contributed by atoms with Gasteiger partial charge in [0.25, 0.3) is 0 Å². The largest absolute Gasteiger partial charge is 0.449 e. The number of Topliss-reactive ketones (excluding diaryl/α,β-unsaturated/α-hetero) is 1. The molecular formula is C28H31N3O6. The summed E-state index contributed by atoms with van der Waals surface area (Å²) in [7, 11) is 0. The van der Waals surface area contributed by atoms with Crippen LogP contribution in [-0.4, -0.2) is 47.5 Å². The van der Waals surface area contributed by atoms with Crippen LogP contribution >= 0.6 is 0 Å². The maximum absolute atomic E-state index is 13.5. The van der Waals surface area contributed by atoms with Gasteiger partial charge in [-0.1, -0.05) is 60.7 Å². The summed E-state index contributed by atoms with van der Waals surface area (Å²) in [4.78, 5) is 52.7. The Balaban J connectivity index is 2.01. The lowest BCUT2D eigenvalue weighted by molar-refractivity contribution is -0.119. The van der Waals surface area contributed by atoms with Crippen LogP contribution < -0.4 is 10.6 Å². The van der Waals surface area contributed by atoms with Gasteiger partial charge in [-0.15, -0.1) is 0 Å². The number of nitrogens with one attached hydrogen (secondary N) is 2. The van der Waals surface area contributed by atoms with E-state index in [1.54, 1.807) is 82.3 Å². The standard InChI is InChI=1S/C28H31N3O6/c1-5-36-27(35)31-17-16-21(25(33)20-14-10-7-11-15-20)23(24(31)19-12-8-6-9-13-19)30-22(32)18-29-26(34)37-28(2,3)4/h6-17,24H,5,18H2,1-4H3,(H,29,34)(H,30,32). The molecule has 0 saturated heterocycles. The lowest BCUT2D eigenvalue weighted by Gasteiger charge is -2.34. The molecule has 1 heterocycles. The van der Waals surface area contributed by atoms with Crippen LogP contribution in [0.2, 0.25) is 0 Å². The first-order valence-corrected chi connectivity index (χ1v) is 11.9. The smallest absolute Gasteiger partial charge is 0.414 e. The van der Waals surface area contributed by atoms with Crippen molar-refractivity contribution in [1.29, 1.82) is 0 Å². The zero-order valence-corrected chi connectivity index (χ0v) is 21.3. The number of alkyl carbamates (subject to hydrolysis) is 1. The summed E-state index contributed by atoms with van der Waals surface area (Å²) < 4.78 is 10.4. The van der Waals surface area contributed by atoms with Crippen LogP contribution in [0.5, 0.6) is 0 Å². The Morgan fingerprint density at radius 1 is 0.946 bits per heavy atom. The molecule has 2 aromatic carbocycles. The first-order chi connectivity index (χ1) is 17.6. The van der Waals surface area contributed by atoms with Crippen LogP contribution in [0.15, 0.2) is 84.2 Å². The van der Waals surface area contributed by atoms with Gasteiger partial charge in [-0.05, 0) is 39.3 Å². The van der Waals surface area contributed by atoms with Crippen molar-refractivity contribution in [2.24, 2.45) is 0 Å². The molecule has 0 aromatic heterocycles. The third-order valence-corrected chi connectivity index (χ3v) is 5.18. The number of benzene rings is 2. The number of hydrogen-bond acceptors (Lipinski definition) is 6. The van der Waals surface area contributed by atoms with E-state index in [1.165, 1.54) is 17.2 Å². The Labute approximate surface area is 216 Å². The van der Waals surface area contributed by atoms with Crippen LogP contribution in [-0.2, 0) is 14.3 Å². The summed E-state index contributed by atoms with van der Waals surface area (Å²) >= 11 is 0. The molecule has 2 aromatic rings. The van der Waals surface area contributed by atoms with E-state index in [0.29, 0.717) is 11.1 Å². The quantitative estimate of drug-likeness (QED) is 0.536. The van der Waals surface area contributed by atoms with Crippen molar-refractivity contribution in [2.45, 2.75) is 39.3 Å². The molecule has 9 nitrogen and oxygen atoms in total. The summed E-state index contributed by atoms with van der Waals surface area (Å²) in [5.74, 6) is -0.934. The van der Waals surface area contributed by atoms with E-state index in [-0.39, 0.29) is 23.7 Å². The first-order valence-electron chi connectivity index (χ1n) is 11.9. The molecule has 1 aliphatic heterocycles. The topological polar surface area (TPSA) is 114 Å². The second-order valence-electron chi connectivity index (χ2n) is 9.16. The number of allylic oxidation sites excluding steroid dienone is 2. The number of amides is 3. The van der Waals surface area contributed by atoms with Gasteiger partial charge >= 0.3 is 12.2 Å². The van der Waals surface area contributed by atoms with Gasteiger partial charge in [0, 0.05) is 17.3 Å². The second-order valence-corrected chi connectivity index (χ2v) is 9.16. The van der Waals surface area contributed by atoms with E-state index in [0.717, 1.165) is 0 Å². The summed E-state index contributed by atoms with van der Waals surface area (Å²) in [6.45, 7) is 6.56. The predicted octanol–water partition coefficient (Wildman–Crippen LogP) is 4.49. The highest BCUT2D eigenvalue weighted by Gasteiger charge is 2.35. The van der Waals surface area contributed by atoms with Crippen LogP contribution in [0.25, 0.3) is 0 Å². The molecule has 0 bridgehead atoms. The molecule has 3 rings (SSSR count). The molecule has 194 valence electrons. The molecule has 1 unspecified atom stereocenters. The minimum atomic E-state index is -0.863. The van der Waals surface area contributed by atoms with E-state index in [4.69, 9.17) is 9.47 Å². The summed E-state index contributed by atoms with van der Waals surface area (Å²) in [5.41, 5.74) is 0.717. The van der Waals surface area contributed by atoms with Crippen molar-refractivity contribution in [3.63, 3.8) is 0 Å². The first kappa shape index (κ1) is 27.2. The van der Waals surface area contributed by atoms with Gasteiger partial charge in [0.1, 0.15) is 18.2 Å². The summed E-state index contributed by atoms with van der Waals surface area (Å²) in [6.07, 6.45) is 1.55. The number of carbonyl (C=O) groups is 4. The number of rotatable bonds is 7. The Kier molecular flexibility index (Phi) is 8.84. The number of nitrogens with zero attached hydrogens (tertiary/aromatic N) is 1. The van der Waals surface area contributed by atoms with Crippen molar-refractivity contribution in [3.8, 4) is 0 Å². The molecule has 37 heavy (non-hydrogen) atoms. The molecule has 2 N–H and O–H groups in total. The minimum Gasteiger partial charge on any atom is -0.449 e. The molecule has 0 fully saturated rings. The van der Waals surface area contributed by atoms with Crippen LogP contribution in [0.3, 0.4) is 0 Å². The van der Waals surface area contributed by atoms with E-state index in [2.05, 4.69) is 10.6 Å². The molecule has 0 spiro atoms. The van der Waals surface area contributed by atoms with Crippen molar-refractivity contribution < 1.29 is 28.7 Å². The van der Waals surface area contributed by atoms with Crippen LogP contribution in [0, 0.1) is 0 Å².